The average molecular weight is 595 g/mol. The number of hydrogen-bond donors (Lipinski definition) is 8. The van der Waals surface area contributed by atoms with E-state index in [0.29, 0.717) is 11.3 Å². The maximum atomic E-state index is 12.7. The largest absolute Gasteiger partial charge is 0.507 e. The molecule has 0 amide bonds. The van der Waals surface area contributed by atoms with Crippen LogP contribution in [0.1, 0.15) is 22.8 Å². The maximum absolute atomic E-state index is 12.7. The Kier molecular flexibility index (Phi) is 10.0. The molecule has 2 aromatic carbocycles. The SMILES string of the molecule is COc1ccc(/C=C/C(=O)c2c(O)cc(O[C@@H]3O[C@@H](CO)[C@@H](O)[C@@H](O)[C@H]3O[C@@H]3O[C@@H](C)[C@H](O)[C@H](O)[C@@H]3O)cc2O)cc1. The van der Waals surface area contributed by atoms with E-state index in [0.717, 1.165) is 18.2 Å². The number of methoxy groups -OCH3 is 1. The molecule has 14 nitrogen and oxygen atoms in total. The summed E-state index contributed by atoms with van der Waals surface area (Å²) in [4.78, 5) is 12.7. The number of aromatic hydroxyl groups is 2. The van der Waals surface area contributed by atoms with Gasteiger partial charge in [-0.05, 0) is 30.7 Å². The molecule has 0 saturated carbocycles. The molecule has 0 spiro atoms. The van der Waals surface area contributed by atoms with Gasteiger partial charge in [-0.15, -0.1) is 0 Å². The van der Waals surface area contributed by atoms with E-state index < -0.39 is 90.9 Å². The first-order valence-electron chi connectivity index (χ1n) is 13.0. The highest BCUT2D eigenvalue weighted by Crippen LogP contribution is 2.36. The lowest BCUT2D eigenvalue weighted by atomic mass is 9.97. The number of phenolic OH excluding ortho intramolecular Hbond substituents is 2. The number of carbonyl (C=O) groups excluding carboxylic acids is 1. The van der Waals surface area contributed by atoms with Crippen LogP contribution in [-0.2, 0) is 14.2 Å². The summed E-state index contributed by atoms with van der Waals surface area (Å²) >= 11 is 0. The number of ketones is 1. The van der Waals surface area contributed by atoms with Crippen LogP contribution in [0.2, 0.25) is 0 Å². The second kappa shape index (κ2) is 13.3. The molecule has 2 aromatic rings. The molecule has 2 heterocycles. The Labute approximate surface area is 240 Å². The molecule has 42 heavy (non-hydrogen) atoms. The Morgan fingerprint density at radius 2 is 1.50 bits per heavy atom. The first-order valence-corrected chi connectivity index (χ1v) is 13.0. The van der Waals surface area contributed by atoms with Crippen molar-refractivity contribution in [2.75, 3.05) is 13.7 Å². The van der Waals surface area contributed by atoms with Crippen LogP contribution >= 0.6 is 0 Å². The summed E-state index contributed by atoms with van der Waals surface area (Å²) < 4.78 is 27.3. The Morgan fingerprint density at radius 1 is 0.857 bits per heavy atom. The zero-order valence-electron chi connectivity index (χ0n) is 22.6. The van der Waals surface area contributed by atoms with E-state index in [1.54, 1.807) is 24.3 Å². The number of phenols is 2. The molecule has 14 heteroatoms. The summed E-state index contributed by atoms with van der Waals surface area (Å²) in [5.74, 6) is -1.66. The first-order chi connectivity index (χ1) is 19.9. The zero-order valence-corrected chi connectivity index (χ0v) is 22.6. The van der Waals surface area contributed by atoms with Crippen molar-refractivity contribution in [3.8, 4) is 23.0 Å². The lowest BCUT2D eigenvalue weighted by Gasteiger charge is -2.45. The van der Waals surface area contributed by atoms with Crippen molar-refractivity contribution in [3.05, 3.63) is 53.6 Å². The van der Waals surface area contributed by atoms with Gasteiger partial charge in [-0.2, -0.15) is 0 Å². The van der Waals surface area contributed by atoms with Crippen LogP contribution in [0.4, 0.5) is 0 Å². The fourth-order valence-electron chi connectivity index (χ4n) is 4.59. The van der Waals surface area contributed by atoms with Gasteiger partial charge in [0.1, 0.15) is 65.2 Å². The third-order valence-corrected chi connectivity index (χ3v) is 7.04. The third kappa shape index (κ3) is 6.67. The first kappa shape index (κ1) is 31.6. The molecule has 0 aromatic heterocycles. The summed E-state index contributed by atoms with van der Waals surface area (Å²) in [6.07, 6.45) is -12.9. The van der Waals surface area contributed by atoms with Gasteiger partial charge in [-0.1, -0.05) is 18.2 Å². The highest BCUT2D eigenvalue weighted by Gasteiger charge is 2.50. The van der Waals surface area contributed by atoms with Gasteiger partial charge in [0, 0.05) is 12.1 Å². The molecule has 2 aliphatic heterocycles. The van der Waals surface area contributed by atoms with Gasteiger partial charge < -0.3 is 64.5 Å². The molecular formula is C28H34O14. The Bertz CT molecular complexity index is 1230. The number of rotatable bonds is 9. The molecule has 0 radical (unpaired) electrons. The summed E-state index contributed by atoms with van der Waals surface area (Å²) in [5.41, 5.74) is 0.236. The van der Waals surface area contributed by atoms with E-state index in [4.69, 9.17) is 23.7 Å². The second-order valence-corrected chi connectivity index (χ2v) is 9.91. The molecule has 10 atom stereocenters. The van der Waals surface area contributed by atoms with Crippen molar-refractivity contribution in [1.82, 2.24) is 0 Å². The quantitative estimate of drug-likeness (QED) is 0.129. The Hall–Kier alpha value is -3.31. The van der Waals surface area contributed by atoms with Crippen LogP contribution in [-0.4, -0.2) is 122 Å². The minimum atomic E-state index is -1.78. The van der Waals surface area contributed by atoms with Crippen molar-refractivity contribution in [3.63, 3.8) is 0 Å². The van der Waals surface area contributed by atoms with Gasteiger partial charge in [0.25, 0.3) is 0 Å². The molecule has 4 rings (SSSR count). The van der Waals surface area contributed by atoms with E-state index in [1.807, 2.05) is 0 Å². The molecule has 0 unspecified atom stereocenters. The normalized spacial score (nSPS) is 33.4. The Balaban J connectivity index is 1.54. The number of allylic oxidation sites excluding steroid dienone is 1. The minimum Gasteiger partial charge on any atom is -0.507 e. The Morgan fingerprint density at radius 3 is 2.10 bits per heavy atom. The topological polar surface area (TPSA) is 225 Å². The van der Waals surface area contributed by atoms with Gasteiger partial charge in [-0.25, -0.2) is 0 Å². The predicted octanol–water partition coefficient (Wildman–Crippen LogP) is -0.967. The van der Waals surface area contributed by atoms with E-state index in [-0.39, 0.29) is 5.75 Å². The minimum absolute atomic E-state index is 0.256. The van der Waals surface area contributed by atoms with Gasteiger partial charge in [0.15, 0.2) is 18.2 Å². The van der Waals surface area contributed by atoms with Gasteiger partial charge in [-0.3, -0.25) is 4.79 Å². The molecule has 0 bridgehead atoms. The number of aliphatic hydroxyl groups excluding tert-OH is 6. The van der Waals surface area contributed by atoms with Crippen molar-refractivity contribution < 1.29 is 69.3 Å². The van der Waals surface area contributed by atoms with Crippen LogP contribution in [0.5, 0.6) is 23.0 Å². The molecule has 2 aliphatic rings. The summed E-state index contributed by atoms with van der Waals surface area (Å²) in [5, 5.41) is 82.2. The van der Waals surface area contributed by atoms with Gasteiger partial charge in [0.2, 0.25) is 6.29 Å². The lowest BCUT2D eigenvalue weighted by Crippen LogP contribution is -2.64. The molecule has 2 fully saturated rings. The summed E-state index contributed by atoms with van der Waals surface area (Å²) in [7, 11) is 1.52. The lowest BCUT2D eigenvalue weighted by molar-refractivity contribution is -0.354. The van der Waals surface area contributed by atoms with Crippen molar-refractivity contribution in [2.24, 2.45) is 0 Å². The number of hydrogen-bond acceptors (Lipinski definition) is 14. The standard InChI is InChI=1S/C28H34O14/c1-12-21(33)23(35)25(37)27(39-12)42-26-24(36)22(34)19(11-29)41-28(26)40-15-9-17(31)20(18(32)10-15)16(30)8-5-13-3-6-14(38-2)7-4-13/h3-10,12,19,21-29,31-37H,11H2,1-2H3/b8-5+/t12-,19-,21-,22+,23-,24+,25-,26+,27-,28+/m0/s1. The van der Waals surface area contributed by atoms with E-state index >= 15 is 0 Å². The fourth-order valence-corrected chi connectivity index (χ4v) is 4.59. The number of benzene rings is 2. The molecular weight excluding hydrogens is 560 g/mol. The van der Waals surface area contributed by atoms with Crippen LogP contribution in [0, 0.1) is 0 Å². The van der Waals surface area contributed by atoms with E-state index in [1.165, 1.54) is 20.1 Å². The maximum Gasteiger partial charge on any atom is 0.229 e. The fraction of sp³-hybridized carbons (Fsp3) is 0.464. The van der Waals surface area contributed by atoms with E-state index in [2.05, 4.69) is 0 Å². The van der Waals surface area contributed by atoms with Gasteiger partial charge >= 0.3 is 0 Å². The summed E-state index contributed by atoms with van der Waals surface area (Å²) in [6.45, 7) is 0.676. The number of ether oxygens (including phenoxy) is 5. The number of aliphatic hydroxyl groups is 6. The highest BCUT2D eigenvalue weighted by atomic mass is 16.8. The van der Waals surface area contributed by atoms with Crippen molar-refractivity contribution >= 4 is 11.9 Å². The highest BCUT2D eigenvalue weighted by molar-refractivity contribution is 6.10. The smallest absolute Gasteiger partial charge is 0.229 e. The van der Waals surface area contributed by atoms with Crippen LogP contribution in [0.3, 0.4) is 0 Å². The summed E-state index contributed by atoms with van der Waals surface area (Å²) in [6, 6.07) is 8.78. The zero-order chi connectivity index (χ0) is 30.7. The molecule has 2 saturated heterocycles. The van der Waals surface area contributed by atoms with Crippen molar-refractivity contribution in [1.29, 1.82) is 0 Å². The molecule has 0 aliphatic carbocycles. The molecule has 230 valence electrons. The molecule has 8 N–H and O–H groups in total. The predicted molar refractivity (Wildman–Crippen MR) is 142 cm³/mol. The number of carbonyl (C=O) groups is 1. The van der Waals surface area contributed by atoms with Crippen LogP contribution < -0.4 is 9.47 Å². The average Bonchev–Trinajstić information content (AvgIpc) is 2.97. The second-order valence-electron chi connectivity index (χ2n) is 9.91. The van der Waals surface area contributed by atoms with E-state index in [9.17, 15) is 45.6 Å². The van der Waals surface area contributed by atoms with Gasteiger partial charge in [0.05, 0.1) is 19.8 Å². The van der Waals surface area contributed by atoms with Crippen molar-refractivity contribution in [2.45, 2.75) is 68.3 Å². The third-order valence-electron chi connectivity index (χ3n) is 7.04. The van der Waals surface area contributed by atoms with Crippen LogP contribution in [0.15, 0.2) is 42.5 Å². The van der Waals surface area contributed by atoms with Crippen LogP contribution in [0.25, 0.3) is 6.08 Å². The monoisotopic (exact) mass is 594 g/mol.